The Bertz CT molecular complexity index is 921. The first-order valence-electron chi connectivity index (χ1n) is 9.03. The van der Waals surface area contributed by atoms with Gasteiger partial charge in [-0.1, -0.05) is 50.8 Å². The molecule has 0 fully saturated rings. The first-order chi connectivity index (χ1) is 13.4. The molecular weight excluding hydrogens is 394 g/mol. The van der Waals surface area contributed by atoms with Crippen LogP contribution in [0.1, 0.15) is 38.6 Å². The fourth-order valence-corrected chi connectivity index (χ4v) is 3.95. The van der Waals surface area contributed by atoms with Crippen LogP contribution in [0, 0.1) is 5.92 Å². The number of carbonyl (C=O) groups excluding carboxylic acids is 1. The summed E-state index contributed by atoms with van der Waals surface area (Å²) in [7, 11) is 0. The van der Waals surface area contributed by atoms with Gasteiger partial charge < -0.3 is 4.57 Å². The minimum absolute atomic E-state index is 0.138. The number of anilines is 1. The Balaban J connectivity index is 1.69. The van der Waals surface area contributed by atoms with E-state index < -0.39 is 0 Å². The van der Waals surface area contributed by atoms with Gasteiger partial charge in [0.2, 0.25) is 11.0 Å². The molecule has 0 atom stereocenters. The van der Waals surface area contributed by atoms with Gasteiger partial charge in [-0.3, -0.25) is 15.1 Å². The molecule has 0 bridgehead atoms. The molecule has 8 nitrogen and oxygen atoms in total. The second kappa shape index (κ2) is 9.24. The maximum atomic E-state index is 12.3. The third-order valence-electron chi connectivity index (χ3n) is 3.72. The molecule has 0 unspecified atom stereocenters. The topological polar surface area (TPSA) is 98.5 Å². The number of hydrogen-bond donors (Lipinski definition) is 1. The lowest BCUT2D eigenvalue weighted by Gasteiger charge is -2.12. The first kappa shape index (κ1) is 20.4. The molecule has 3 heterocycles. The van der Waals surface area contributed by atoms with Gasteiger partial charge in [-0.05, 0) is 18.1 Å². The van der Waals surface area contributed by atoms with E-state index in [1.165, 1.54) is 23.1 Å². The zero-order chi connectivity index (χ0) is 20.1. The van der Waals surface area contributed by atoms with Crippen LogP contribution in [0.15, 0.2) is 29.7 Å². The van der Waals surface area contributed by atoms with E-state index in [1.807, 2.05) is 26.0 Å². The number of amides is 1. The molecule has 0 radical (unpaired) electrons. The van der Waals surface area contributed by atoms with Crippen LogP contribution in [-0.2, 0) is 11.3 Å². The number of nitrogens with zero attached hydrogens (tertiary/aromatic N) is 6. The zero-order valence-electron chi connectivity index (χ0n) is 16.3. The Kier molecular flexibility index (Phi) is 6.74. The Hall–Kier alpha value is -2.33. The van der Waals surface area contributed by atoms with E-state index in [2.05, 4.69) is 49.1 Å². The Morgan fingerprint density at radius 3 is 2.54 bits per heavy atom. The standard InChI is InChI=1S/C18H23N7OS2/c1-11(2)9-25-15(13-5-7-19-8-6-13)21-24-18(25)27-10-14(26)20-17-23-22-16(28-17)12(3)4/h5-8,11-12H,9-10H2,1-4H3,(H,20,23,26). The SMILES string of the molecule is CC(C)Cn1c(SCC(=O)Nc2nnc(C(C)C)s2)nnc1-c1ccncc1. The molecule has 0 aliphatic heterocycles. The highest BCUT2D eigenvalue weighted by Gasteiger charge is 2.17. The molecule has 3 rings (SSSR count). The fraction of sp³-hybridized carbons (Fsp3) is 0.444. The first-order valence-corrected chi connectivity index (χ1v) is 10.8. The van der Waals surface area contributed by atoms with Gasteiger partial charge in [0.15, 0.2) is 11.0 Å². The van der Waals surface area contributed by atoms with E-state index in [9.17, 15) is 4.79 Å². The fourth-order valence-electron chi connectivity index (χ4n) is 2.44. The third-order valence-corrected chi connectivity index (χ3v) is 5.82. The lowest BCUT2D eigenvalue weighted by atomic mass is 10.2. The van der Waals surface area contributed by atoms with Crippen molar-refractivity contribution in [1.82, 2.24) is 29.9 Å². The normalized spacial score (nSPS) is 11.4. The van der Waals surface area contributed by atoms with Crippen LogP contribution in [-0.4, -0.2) is 41.6 Å². The third kappa shape index (κ3) is 5.14. The number of pyridine rings is 1. The summed E-state index contributed by atoms with van der Waals surface area (Å²) in [6.07, 6.45) is 3.47. The highest BCUT2D eigenvalue weighted by molar-refractivity contribution is 7.99. The minimum Gasteiger partial charge on any atom is -0.302 e. The number of hydrogen-bond acceptors (Lipinski definition) is 8. The Morgan fingerprint density at radius 1 is 1.14 bits per heavy atom. The van der Waals surface area contributed by atoms with Crippen molar-refractivity contribution >= 4 is 34.1 Å². The lowest BCUT2D eigenvalue weighted by Crippen LogP contribution is -2.15. The minimum atomic E-state index is -0.138. The average molecular weight is 418 g/mol. The summed E-state index contributed by atoms with van der Waals surface area (Å²) in [6, 6.07) is 3.81. The number of carbonyl (C=O) groups is 1. The van der Waals surface area contributed by atoms with Gasteiger partial charge in [0, 0.05) is 30.4 Å². The van der Waals surface area contributed by atoms with Crippen LogP contribution in [0.25, 0.3) is 11.4 Å². The molecule has 0 saturated heterocycles. The summed E-state index contributed by atoms with van der Waals surface area (Å²) >= 11 is 2.76. The molecule has 10 heteroatoms. The largest absolute Gasteiger partial charge is 0.302 e. The van der Waals surface area contributed by atoms with Gasteiger partial charge in [-0.15, -0.1) is 20.4 Å². The number of nitrogens with one attached hydrogen (secondary N) is 1. The maximum Gasteiger partial charge on any atom is 0.236 e. The molecule has 0 aliphatic rings. The quantitative estimate of drug-likeness (QED) is 0.558. The lowest BCUT2D eigenvalue weighted by molar-refractivity contribution is -0.113. The monoisotopic (exact) mass is 417 g/mol. The molecule has 0 aromatic carbocycles. The van der Waals surface area contributed by atoms with E-state index >= 15 is 0 Å². The van der Waals surface area contributed by atoms with Gasteiger partial charge in [0.25, 0.3) is 0 Å². The molecule has 28 heavy (non-hydrogen) atoms. The van der Waals surface area contributed by atoms with Crippen molar-refractivity contribution in [1.29, 1.82) is 0 Å². The second-order valence-corrected chi connectivity index (χ2v) is 8.94. The molecular formula is C18H23N7OS2. The van der Waals surface area contributed by atoms with Crippen LogP contribution in [0.2, 0.25) is 0 Å². The van der Waals surface area contributed by atoms with Crippen molar-refractivity contribution in [2.75, 3.05) is 11.1 Å². The molecule has 1 N–H and O–H groups in total. The molecule has 3 aromatic heterocycles. The molecule has 0 saturated carbocycles. The molecule has 0 spiro atoms. The van der Waals surface area contributed by atoms with E-state index in [0.29, 0.717) is 17.0 Å². The summed E-state index contributed by atoms with van der Waals surface area (Å²) in [5, 5.41) is 21.7. The van der Waals surface area contributed by atoms with E-state index in [1.54, 1.807) is 12.4 Å². The van der Waals surface area contributed by atoms with Crippen LogP contribution < -0.4 is 5.32 Å². The summed E-state index contributed by atoms with van der Waals surface area (Å²) in [6.45, 7) is 9.13. The highest BCUT2D eigenvalue weighted by atomic mass is 32.2. The predicted octanol–water partition coefficient (Wildman–Crippen LogP) is 3.70. The number of rotatable bonds is 8. The summed E-state index contributed by atoms with van der Waals surface area (Å²) in [5.41, 5.74) is 0.953. The Morgan fingerprint density at radius 2 is 1.89 bits per heavy atom. The van der Waals surface area contributed by atoms with Crippen molar-refractivity contribution in [3.05, 3.63) is 29.5 Å². The molecule has 0 aliphatic carbocycles. The van der Waals surface area contributed by atoms with Gasteiger partial charge in [-0.2, -0.15) is 0 Å². The van der Waals surface area contributed by atoms with Crippen molar-refractivity contribution in [3.63, 3.8) is 0 Å². The van der Waals surface area contributed by atoms with Crippen molar-refractivity contribution in [3.8, 4) is 11.4 Å². The van der Waals surface area contributed by atoms with Gasteiger partial charge in [0.1, 0.15) is 5.01 Å². The van der Waals surface area contributed by atoms with Crippen molar-refractivity contribution < 1.29 is 4.79 Å². The van der Waals surface area contributed by atoms with Crippen LogP contribution in [0.3, 0.4) is 0 Å². The van der Waals surface area contributed by atoms with Gasteiger partial charge in [0.05, 0.1) is 5.75 Å². The highest BCUT2D eigenvalue weighted by Crippen LogP contribution is 2.26. The molecule has 1 amide bonds. The van der Waals surface area contributed by atoms with Crippen LogP contribution in [0.4, 0.5) is 5.13 Å². The Labute approximate surface area is 172 Å². The number of thioether (sulfide) groups is 1. The zero-order valence-corrected chi connectivity index (χ0v) is 17.9. The summed E-state index contributed by atoms with van der Waals surface area (Å²) < 4.78 is 2.06. The molecule has 3 aromatic rings. The second-order valence-electron chi connectivity index (χ2n) is 6.98. The van der Waals surface area contributed by atoms with Crippen molar-refractivity contribution in [2.45, 2.75) is 45.3 Å². The van der Waals surface area contributed by atoms with Crippen LogP contribution >= 0.6 is 23.1 Å². The number of aromatic nitrogens is 6. The van der Waals surface area contributed by atoms with E-state index in [-0.39, 0.29) is 11.7 Å². The summed E-state index contributed by atoms with van der Waals surface area (Å²) in [5.74, 6) is 1.58. The van der Waals surface area contributed by atoms with Gasteiger partial charge >= 0.3 is 0 Å². The molecule has 148 valence electrons. The smallest absolute Gasteiger partial charge is 0.236 e. The average Bonchev–Trinajstić information content (AvgIpc) is 3.28. The predicted molar refractivity (Wildman–Crippen MR) is 111 cm³/mol. The van der Waals surface area contributed by atoms with E-state index in [0.717, 1.165) is 28.1 Å². The van der Waals surface area contributed by atoms with Gasteiger partial charge in [-0.25, -0.2) is 0 Å². The van der Waals surface area contributed by atoms with Crippen molar-refractivity contribution in [2.24, 2.45) is 5.92 Å². The summed E-state index contributed by atoms with van der Waals surface area (Å²) in [4.78, 5) is 16.4. The maximum absolute atomic E-state index is 12.3. The van der Waals surface area contributed by atoms with Crippen LogP contribution in [0.5, 0.6) is 0 Å². The van der Waals surface area contributed by atoms with E-state index in [4.69, 9.17) is 0 Å².